The third kappa shape index (κ3) is 5.11. The van der Waals surface area contributed by atoms with Crippen LogP contribution in [-0.4, -0.2) is 54.2 Å². The molecule has 0 aliphatic rings. The lowest BCUT2D eigenvalue weighted by molar-refractivity contribution is -0.142. The predicted octanol–water partition coefficient (Wildman–Crippen LogP) is 0.115. The van der Waals surface area contributed by atoms with Crippen LogP contribution in [0.25, 0.3) is 10.9 Å². The Morgan fingerprint density at radius 1 is 1.17 bits per heavy atom. The van der Waals surface area contributed by atoms with Gasteiger partial charge in [0, 0.05) is 17.4 Å². The molecule has 0 saturated heterocycles. The van der Waals surface area contributed by atoms with Crippen molar-refractivity contribution in [1.82, 2.24) is 15.6 Å². The molecule has 0 atom stereocenters. The van der Waals surface area contributed by atoms with Crippen LogP contribution in [0, 0.1) is 0 Å². The Hall–Kier alpha value is -2.87. The Kier molecular flexibility index (Phi) is 5.70. The van der Waals surface area contributed by atoms with E-state index in [-0.39, 0.29) is 31.5 Å². The van der Waals surface area contributed by atoms with Gasteiger partial charge in [-0.1, -0.05) is 18.2 Å². The Balaban J connectivity index is 1.71. The van der Waals surface area contributed by atoms with Crippen molar-refractivity contribution in [1.29, 1.82) is 0 Å². The summed E-state index contributed by atoms with van der Waals surface area (Å²) in [5, 5.41) is 14.3. The molecule has 1 aromatic heterocycles. The molecule has 0 radical (unpaired) electrons. The molecular formula is C15H17N3O5. The molecular weight excluding hydrogens is 302 g/mol. The van der Waals surface area contributed by atoms with Crippen molar-refractivity contribution in [3.05, 3.63) is 36.0 Å². The molecule has 2 aromatic rings. The SMILES string of the molecule is O=C(O)COCCNC(=O)CNC(=O)c1cc2ccccc2[nH]1. The molecule has 8 nitrogen and oxygen atoms in total. The number of carbonyl (C=O) groups excluding carboxylic acids is 2. The topological polar surface area (TPSA) is 121 Å². The minimum absolute atomic E-state index is 0.0913. The summed E-state index contributed by atoms with van der Waals surface area (Å²) < 4.78 is 4.77. The summed E-state index contributed by atoms with van der Waals surface area (Å²) in [5.74, 6) is -1.83. The minimum Gasteiger partial charge on any atom is -0.480 e. The molecule has 1 heterocycles. The summed E-state index contributed by atoms with van der Waals surface area (Å²) >= 11 is 0. The first-order valence-corrected chi connectivity index (χ1v) is 6.98. The zero-order valence-corrected chi connectivity index (χ0v) is 12.3. The van der Waals surface area contributed by atoms with Gasteiger partial charge in [0.2, 0.25) is 5.91 Å². The molecule has 1 aromatic carbocycles. The van der Waals surface area contributed by atoms with Crippen LogP contribution in [-0.2, 0) is 14.3 Å². The summed E-state index contributed by atoms with van der Waals surface area (Å²) in [7, 11) is 0. The lowest BCUT2D eigenvalue weighted by atomic mass is 10.2. The number of fused-ring (bicyclic) bond motifs is 1. The Morgan fingerprint density at radius 2 is 1.96 bits per heavy atom. The number of aromatic amines is 1. The highest BCUT2D eigenvalue weighted by molar-refractivity contribution is 5.99. The van der Waals surface area contributed by atoms with Gasteiger partial charge >= 0.3 is 5.97 Å². The third-order valence-electron chi connectivity index (χ3n) is 2.98. The molecule has 2 amide bonds. The number of nitrogens with one attached hydrogen (secondary N) is 3. The van der Waals surface area contributed by atoms with Gasteiger partial charge in [-0.3, -0.25) is 9.59 Å². The number of carboxylic acids is 1. The van der Waals surface area contributed by atoms with E-state index in [0.29, 0.717) is 5.69 Å². The minimum atomic E-state index is -1.07. The van der Waals surface area contributed by atoms with Crippen molar-refractivity contribution < 1.29 is 24.2 Å². The van der Waals surface area contributed by atoms with Gasteiger partial charge in [-0.2, -0.15) is 0 Å². The molecule has 0 saturated carbocycles. The van der Waals surface area contributed by atoms with Crippen molar-refractivity contribution in [3.8, 4) is 0 Å². The number of rotatable bonds is 8. The van der Waals surface area contributed by atoms with E-state index in [1.165, 1.54) is 0 Å². The molecule has 8 heteroatoms. The number of hydrogen-bond donors (Lipinski definition) is 4. The molecule has 2 rings (SSSR count). The van der Waals surface area contributed by atoms with E-state index in [1.807, 2.05) is 24.3 Å². The van der Waals surface area contributed by atoms with Gasteiger partial charge in [-0.25, -0.2) is 4.79 Å². The van der Waals surface area contributed by atoms with E-state index >= 15 is 0 Å². The first-order chi connectivity index (χ1) is 11.1. The average molecular weight is 319 g/mol. The highest BCUT2D eigenvalue weighted by Gasteiger charge is 2.10. The summed E-state index contributed by atoms with van der Waals surface area (Å²) in [5.41, 5.74) is 1.22. The Labute approximate surface area is 131 Å². The fraction of sp³-hybridized carbons (Fsp3) is 0.267. The second kappa shape index (κ2) is 7.95. The number of para-hydroxylation sites is 1. The van der Waals surface area contributed by atoms with Crippen molar-refractivity contribution >= 4 is 28.7 Å². The maximum Gasteiger partial charge on any atom is 0.329 e. The number of benzene rings is 1. The molecule has 0 spiro atoms. The smallest absolute Gasteiger partial charge is 0.329 e. The van der Waals surface area contributed by atoms with Gasteiger partial charge in [-0.15, -0.1) is 0 Å². The van der Waals surface area contributed by atoms with E-state index in [2.05, 4.69) is 15.6 Å². The van der Waals surface area contributed by atoms with Gasteiger partial charge in [0.05, 0.1) is 13.2 Å². The van der Waals surface area contributed by atoms with Crippen LogP contribution >= 0.6 is 0 Å². The van der Waals surface area contributed by atoms with Crippen LogP contribution in [0.4, 0.5) is 0 Å². The number of hydrogen-bond acceptors (Lipinski definition) is 4. The van der Waals surface area contributed by atoms with Crippen LogP contribution in [0.5, 0.6) is 0 Å². The monoisotopic (exact) mass is 319 g/mol. The van der Waals surface area contributed by atoms with Crippen LogP contribution in [0.2, 0.25) is 0 Å². The van der Waals surface area contributed by atoms with Crippen LogP contribution in [0.1, 0.15) is 10.5 Å². The second-order valence-electron chi connectivity index (χ2n) is 4.75. The predicted molar refractivity (Wildman–Crippen MR) is 82.1 cm³/mol. The molecule has 0 unspecified atom stereocenters. The first kappa shape index (κ1) is 16.5. The fourth-order valence-corrected chi connectivity index (χ4v) is 1.94. The Bertz CT molecular complexity index is 677. The van der Waals surface area contributed by atoms with Crippen molar-refractivity contribution in [2.24, 2.45) is 0 Å². The normalized spacial score (nSPS) is 10.4. The third-order valence-corrected chi connectivity index (χ3v) is 2.98. The van der Waals surface area contributed by atoms with Gasteiger partial charge in [0.1, 0.15) is 12.3 Å². The number of amides is 2. The molecule has 0 fully saturated rings. The molecule has 23 heavy (non-hydrogen) atoms. The maximum atomic E-state index is 12.0. The van der Waals surface area contributed by atoms with Crippen molar-refractivity contribution in [2.75, 3.05) is 26.3 Å². The zero-order valence-electron chi connectivity index (χ0n) is 12.3. The van der Waals surface area contributed by atoms with Crippen molar-refractivity contribution in [3.63, 3.8) is 0 Å². The number of H-pyrrole nitrogens is 1. The standard InChI is InChI=1S/C15H17N3O5/c19-13(16-5-6-23-9-14(20)21)8-17-15(22)12-7-10-3-1-2-4-11(10)18-12/h1-4,7,18H,5-6,8-9H2,(H,16,19)(H,17,22)(H,20,21). The van der Waals surface area contributed by atoms with Gasteiger partial charge in [0.25, 0.3) is 5.91 Å². The van der Waals surface area contributed by atoms with Gasteiger partial charge in [0.15, 0.2) is 0 Å². The number of aromatic nitrogens is 1. The van der Waals surface area contributed by atoms with Crippen LogP contribution in [0.15, 0.2) is 30.3 Å². The zero-order chi connectivity index (χ0) is 16.7. The van der Waals surface area contributed by atoms with E-state index in [9.17, 15) is 14.4 Å². The van der Waals surface area contributed by atoms with E-state index in [4.69, 9.17) is 9.84 Å². The van der Waals surface area contributed by atoms with Crippen LogP contribution < -0.4 is 10.6 Å². The Morgan fingerprint density at radius 3 is 2.70 bits per heavy atom. The second-order valence-corrected chi connectivity index (χ2v) is 4.75. The fourth-order valence-electron chi connectivity index (χ4n) is 1.94. The summed E-state index contributed by atoms with van der Waals surface area (Å²) in [6.45, 7) is -0.317. The molecule has 122 valence electrons. The van der Waals surface area contributed by atoms with E-state index in [0.717, 1.165) is 10.9 Å². The number of carboxylic acid groups (broad SMARTS) is 1. The highest BCUT2D eigenvalue weighted by atomic mass is 16.5. The largest absolute Gasteiger partial charge is 0.480 e. The van der Waals surface area contributed by atoms with Gasteiger partial charge < -0.3 is 25.5 Å². The van der Waals surface area contributed by atoms with E-state index < -0.39 is 12.6 Å². The quantitative estimate of drug-likeness (QED) is 0.515. The summed E-state index contributed by atoms with van der Waals surface area (Å²) in [4.78, 5) is 36.7. The average Bonchev–Trinajstić information content (AvgIpc) is 2.96. The van der Waals surface area contributed by atoms with E-state index in [1.54, 1.807) is 6.07 Å². The van der Waals surface area contributed by atoms with Crippen LogP contribution in [0.3, 0.4) is 0 Å². The number of aliphatic carboxylic acids is 1. The van der Waals surface area contributed by atoms with Gasteiger partial charge in [-0.05, 0) is 12.1 Å². The summed E-state index contributed by atoms with van der Waals surface area (Å²) in [6, 6.07) is 9.18. The lowest BCUT2D eigenvalue weighted by Crippen LogP contribution is -2.38. The molecule has 4 N–H and O–H groups in total. The highest BCUT2D eigenvalue weighted by Crippen LogP contribution is 2.14. The molecule has 0 aliphatic heterocycles. The molecule has 0 aliphatic carbocycles. The number of ether oxygens (including phenoxy) is 1. The lowest BCUT2D eigenvalue weighted by Gasteiger charge is -2.06. The molecule has 0 bridgehead atoms. The van der Waals surface area contributed by atoms with Crippen molar-refractivity contribution in [2.45, 2.75) is 0 Å². The summed E-state index contributed by atoms with van der Waals surface area (Å²) in [6.07, 6.45) is 0. The first-order valence-electron chi connectivity index (χ1n) is 6.98. The maximum absolute atomic E-state index is 12.0. The number of carbonyl (C=O) groups is 3.